The molecule has 0 aliphatic carbocycles. The second-order valence-electron chi connectivity index (χ2n) is 3.56. The van der Waals surface area contributed by atoms with E-state index in [1.807, 2.05) is 6.92 Å². The summed E-state index contributed by atoms with van der Waals surface area (Å²) in [5.41, 5.74) is 5.23. The molecular weight excluding hydrogens is 198 g/mol. The predicted octanol–water partition coefficient (Wildman–Crippen LogP) is 0.679. The van der Waals surface area contributed by atoms with Crippen LogP contribution in [0.3, 0.4) is 0 Å². The first-order chi connectivity index (χ1) is 7.10. The van der Waals surface area contributed by atoms with Crippen molar-refractivity contribution in [2.45, 2.75) is 25.8 Å². The number of aromatic nitrogens is 2. The number of nitrogens with zero attached hydrogens (tertiary/aromatic N) is 2. The van der Waals surface area contributed by atoms with Crippen molar-refractivity contribution in [1.82, 2.24) is 10.1 Å². The third-order valence-electron chi connectivity index (χ3n) is 1.84. The highest BCUT2D eigenvalue weighted by molar-refractivity contribution is 5.03. The molecule has 0 aliphatic rings. The average Bonchev–Trinajstić information content (AvgIpc) is 2.66. The van der Waals surface area contributed by atoms with E-state index in [-0.39, 0.29) is 6.08 Å². The molecule has 0 aliphatic heterocycles. The second kappa shape index (κ2) is 5.09. The highest BCUT2D eigenvalue weighted by atomic mass is 16.6. The van der Waals surface area contributed by atoms with E-state index in [9.17, 15) is 0 Å². The summed E-state index contributed by atoms with van der Waals surface area (Å²) in [6.07, 6.45) is 1.06. The van der Waals surface area contributed by atoms with Gasteiger partial charge in [0.15, 0.2) is 5.82 Å². The van der Waals surface area contributed by atoms with Crippen molar-refractivity contribution in [2.75, 3.05) is 20.3 Å². The van der Waals surface area contributed by atoms with Crippen LogP contribution in [0.1, 0.15) is 26.1 Å². The van der Waals surface area contributed by atoms with Gasteiger partial charge in [-0.05, 0) is 13.3 Å². The number of nitrogens with two attached hydrogens (primary N) is 1. The minimum absolute atomic E-state index is 0.108. The Hall–Kier alpha value is -1.14. The predicted molar refractivity (Wildman–Crippen MR) is 53.5 cm³/mol. The molecule has 0 spiro atoms. The Balaban J connectivity index is 2.59. The maximum absolute atomic E-state index is 5.98. The van der Waals surface area contributed by atoms with E-state index < -0.39 is 5.54 Å². The van der Waals surface area contributed by atoms with Crippen LogP contribution in [0.2, 0.25) is 0 Å². The lowest BCUT2D eigenvalue weighted by Gasteiger charge is -2.19. The van der Waals surface area contributed by atoms with Gasteiger partial charge in [-0.3, -0.25) is 4.52 Å². The number of hydrogen-bond acceptors (Lipinski definition) is 6. The zero-order valence-corrected chi connectivity index (χ0v) is 9.32. The molecule has 2 N–H and O–H groups in total. The molecule has 1 rings (SSSR count). The normalized spacial score (nSPS) is 14.9. The van der Waals surface area contributed by atoms with Crippen LogP contribution in [0, 0.1) is 0 Å². The van der Waals surface area contributed by atoms with Gasteiger partial charge in [-0.2, -0.15) is 4.98 Å². The largest absolute Gasteiger partial charge is 0.452 e. The van der Waals surface area contributed by atoms with Crippen molar-refractivity contribution in [3.8, 4) is 6.08 Å². The molecular formula is C9H17N3O3. The lowest BCUT2D eigenvalue weighted by Crippen LogP contribution is -2.39. The Morgan fingerprint density at radius 1 is 1.53 bits per heavy atom. The molecule has 1 heterocycles. The highest BCUT2D eigenvalue weighted by Gasteiger charge is 2.28. The monoisotopic (exact) mass is 215 g/mol. The van der Waals surface area contributed by atoms with E-state index in [1.165, 1.54) is 7.11 Å². The van der Waals surface area contributed by atoms with E-state index in [0.29, 0.717) is 19.0 Å². The van der Waals surface area contributed by atoms with Crippen LogP contribution in [0.4, 0.5) is 0 Å². The Bertz CT molecular complexity index is 299. The summed E-state index contributed by atoms with van der Waals surface area (Å²) in [6, 6.07) is 0. The van der Waals surface area contributed by atoms with Gasteiger partial charge in [0.25, 0.3) is 0 Å². The number of methoxy groups -OCH3 is 1. The van der Waals surface area contributed by atoms with Crippen molar-refractivity contribution in [3.05, 3.63) is 5.82 Å². The second-order valence-corrected chi connectivity index (χ2v) is 3.56. The van der Waals surface area contributed by atoms with Crippen molar-refractivity contribution < 1.29 is 14.0 Å². The molecule has 0 fully saturated rings. The average molecular weight is 215 g/mol. The Labute approximate surface area is 88.7 Å². The van der Waals surface area contributed by atoms with E-state index in [4.69, 9.17) is 19.7 Å². The standard InChI is InChI=1S/C9H17N3O3/c1-4-5-14-6-9(2,10)7-11-8(13-3)15-12-7/h4-6,10H2,1-3H3. The summed E-state index contributed by atoms with van der Waals surface area (Å²) >= 11 is 0. The van der Waals surface area contributed by atoms with Crippen LogP contribution in [0.25, 0.3) is 0 Å². The fraction of sp³-hybridized carbons (Fsp3) is 0.778. The van der Waals surface area contributed by atoms with Gasteiger partial charge in [0.05, 0.1) is 13.7 Å². The first kappa shape index (κ1) is 11.9. The molecule has 0 aromatic carbocycles. The summed E-state index contributed by atoms with van der Waals surface area (Å²) in [7, 11) is 1.46. The van der Waals surface area contributed by atoms with Gasteiger partial charge in [-0.25, -0.2) is 0 Å². The molecule has 0 radical (unpaired) electrons. The molecule has 15 heavy (non-hydrogen) atoms. The molecule has 0 saturated carbocycles. The Morgan fingerprint density at radius 2 is 2.27 bits per heavy atom. The molecule has 1 aromatic rings. The molecule has 6 nitrogen and oxygen atoms in total. The van der Waals surface area contributed by atoms with Gasteiger partial charge in [-0.1, -0.05) is 12.1 Å². The zero-order valence-electron chi connectivity index (χ0n) is 9.32. The molecule has 6 heteroatoms. The van der Waals surface area contributed by atoms with Gasteiger partial charge in [-0.15, -0.1) is 0 Å². The lowest BCUT2D eigenvalue weighted by atomic mass is 10.1. The summed E-state index contributed by atoms with van der Waals surface area (Å²) in [5.74, 6) is 0.385. The zero-order chi connectivity index (χ0) is 11.3. The fourth-order valence-electron chi connectivity index (χ4n) is 1.02. The molecule has 0 saturated heterocycles. The van der Waals surface area contributed by atoms with Crippen LogP contribution in [-0.4, -0.2) is 30.5 Å². The third-order valence-corrected chi connectivity index (χ3v) is 1.84. The van der Waals surface area contributed by atoms with Gasteiger partial charge >= 0.3 is 6.08 Å². The van der Waals surface area contributed by atoms with Crippen LogP contribution >= 0.6 is 0 Å². The summed E-state index contributed by atoms with van der Waals surface area (Å²) in [5, 5.41) is 3.72. The minimum atomic E-state index is -0.755. The van der Waals surface area contributed by atoms with E-state index >= 15 is 0 Å². The lowest BCUT2D eigenvalue weighted by molar-refractivity contribution is 0.0867. The van der Waals surface area contributed by atoms with Crippen LogP contribution in [-0.2, 0) is 10.3 Å². The van der Waals surface area contributed by atoms with Gasteiger partial charge in [0.1, 0.15) is 5.54 Å². The minimum Gasteiger partial charge on any atom is -0.452 e. The summed E-state index contributed by atoms with van der Waals surface area (Å²) in [6.45, 7) is 4.84. The maximum atomic E-state index is 5.98. The SMILES string of the molecule is CCCOCC(C)(N)c1noc(OC)n1. The molecule has 1 atom stereocenters. The molecule has 86 valence electrons. The van der Waals surface area contributed by atoms with E-state index in [2.05, 4.69) is 10.1 Å². The highest BCUT2D eigenvalue weighted by Crippen LogP contribution is 2.17. The molecule has 1 aromatic heterocycles. The third kappa shape index (κ3) is 3.17. The summed E-state index contributed by atoms with van der Waals surface area (Å²) < 4.78 is 14.9. The molecule has 0 bridgehead atoms. The first-order valence-electron chi connectivity index (χ1n) is 4.85. The number of hydrogen-bond donors (Lipinski definition) is 1. The Morgan fingerprint density at radius 3 is 2.80 bits per heavy atom. The topological polar surface area (TPSA) is 83.4 Å². The number of rotatable bonds is 6. The number of ether oxygens (including phenoxy) is 2. The van der Waals surface area contributed by atoms with Gasteiger partial charge in [0.2, 0.25) is 0 Å². The maximum Gasteiger partial charge on any atom is 0.417 e. The van der Waals surface area contributed by atoms with E-state index in [1.54, 1.807) is 6.92 Å². The van der Waals surface area contributed by atoms with Gasteiger partial charge in [0, 0.05) is 6.61 Å². The first-order valence-corrected chi connectivity index (χ1v) is 4.85. The van der Waals surface area contributed by atoms with Crippen LogP contribution in [0.15, 0.2) is 4.52 Å². The van der Waals surface area contributed by atoms with Gasteiger partial charge < -0.3 is 15.2 Å². The quantitative estimate of drug-likeness (QED) is 0.702. The Kier molecular flexibility index (Phi) is 4.05. The van der Waals surface area contributed by atoms with Crippen molar-refractivity contribution >= 4 is 0 Å². The fourth-order valence-corrected chi connectivity index (χ4v) is 1.02. The summed E-state index contributed by atoms with van der Waals surface area (Å²) in [4.78, 5) is 3.97. The van der Waals surface area contributed by atoms with Crippen LogP contribution in [0.5, 0.6) is 6.08 Å². The van der Waals surface area contributed by atoms with Crippen molar-refractivity contribution in [1.29, 1.82) is 0 Å². The molecule has 1 unspecified atom stereocenters. The van der Waals surface area contributed by atoms with E-state index in [0.717, 1.165) is 6.42 Å². The van der Waals surface area contributed by atoms with Crippen molar-refractivity contribution in [2.24, 2.45) is 5.73 Å². The van der Waals surface area contributed by atoms with Crippen molar-refractivity contribution in [3.63, 3.8) is 0 Å². The molecule has 0 amide bonds. The van der Waals surface area contributed by atoms with Crippen LogP contribution < -0.4 is 10.5 Å². The smallest absolute Gasteiger partial charge is 0.417 e.